The molecule has 2 aromatic carbocycles. The lowest BCUT2D eigenvalue weighted by Crippen LogP contribution is -2.28. The van der Waals surface area contributed by atoms with E-state index in [1.165, 1.54) is 12.1 Å². The molecule has 2 atom stereocenters. The van der Waals surface area contributed by atoms with Crippen LogP contribution in [-0.4, -0.2) is 19.5 Å². The van der Waals surface area contributed by atoms with Gasteiger partial charge in [-0.15, -0.1) is 13.2 Å². The Labute approximate surface area is 154 Å². The second-order valence-electron chi connectivity index (χ2n) is 6.14. The lowest BCUT2D eigenvalue weighted by atomic mass is 9.95. The van der Waals surface area contributed by atoms with Gasteiger partial charge in [-0.25, -0.2) is 5.43 Å². The van der Waals surface area contributed by atoms with Crippen LogP contribution in [-0.2, 0) is 6.54 Å². The van der Waals surface area contributed by atoms with E-state index in [9.17, 15) is 13.2 Å². The highest BCUT2D eigenvalue weighted by Gasteiger charge is 2.31. The van der Waals surface area contributed by atoms with Crippen LogP contribution < -0.4 is 20.9 Å². The highest BCUT2D eigenvalue weighted by Crippen LogP contribution is 2.26. The zero-order valence-electron chi connectivity index (χ0n) is 13.8. The first-order chi connectivity index (χ1) is 12.4. The average molecular weight is 386 g/mol. The third kappa shape index (κ3) is 5.35. The highest BCUT2D eigenvalue weighted by atomic mass is 35.5. The van der Waals surface area contributed by atoms with Crippen molar-refractivity contribution < 1.29 is 17.9 Å². The van der Waals surface area contributed by atoms with Crippen LogP contribution in [0.2, 0.25) is 5.02 Å². The van der Waals surface area contributed by atoms with Crippen molar-refractivity contribution in [2.45, 2.75) is 18.9 Å². The van der Waals surface area contributed by atoms with Crippen LogP contribution in [0.3, 0.4) is 0 Å². The van der Waals surface area contributed by atoms with E-state index in [1.807, 2.05) is 24.3 Å². The van der Waals surface area contributed by atoms with Crippen molar-refractivity contribution in [3.63, 3.8) is 0 Å². The Bertz CT molecular complexity index is 707. The van der Waals surface area contributed by atoms with Gasteiger partial charge in [0.15, 0.2) is 0 Å². The van der Waals surface area contributed by atoms with Crippen molar-refractivity contribution in [1.82, 2.24) is 16.2 Å². The molecule has 1 aliphatic rings. The van der Waals surface area contributed by atoms with Crippen LogP contribution in [0.15, 0.2) is 48.5 Å². The molecule has 0 aliphatic carbocycles. The Morgan fingerprint density at radius 2 is 1.77 bits per heavy atom. The first-order valence-corrected chi connectivity index (χ1v) is 8.58. The van der Waals surface area contributed by atoms with Crippen LogP contribution >= 0.6 is 11.6 Å². The van der Waals surface area contributed by atoms with Crippen molar-refractivity contribution in [3.05, 3.63) is 64.7 Å². The fourth-order valence-electron chi connectivity index (χ4n) is 2.96. The average Bonchev–Trinajstić information content (AvgIpc) is 3.04. The minimum absolute atomic E-state index is 0.169. The van der Waals surface area contributed by atoms with Crippen LogP contribution in [0.1, 0.15) is 17.2 Å². The Balaban J connectivity index is 1.50. The number of hydrogen-bond acceptors (Lipinski definition) is 4. The first-order valence-electron chi connectivity index (χ1n) is 8.20. The Kier molecular flexibility index (Phi) is 6.03. The molecule has 3 N–H and O–H groups in total. The number of rotatable bonds is 6. The predicted molar refractivity (Wildman–Crippen MR) is 93.7 cm³/mol. The summed E-state index contributed by atoms with van der Waals surface area (Å²) in [7, 11) is 0. The molecular weight excluding hydrogens is 367 g/mol. The summed E-state index contributed by atoms with van der Waals surface area (Å²) in [6, 6.07) is 13.8. The zero-order valence-corrected chi connectivity index (χ0v) is 14.6. The highest BCUT2D eigenvalue weighted by molar-refractivity contribution is 6.30. The summed E-state index contributed by atoms with van der Waals surface area (Å²) in [5.41, 5.74) is 8.47. The molecule has 0 aromatic heterocycles. The van der Waals surface area contributed by atoms with Crippen molar-refractivity contribution in [2.75, 3.05) is 13.1 Å². The maximum absolute atomic E-state index is 12.2. The van der Waals surface area contributed by atoms with Gasteiger partial charge in [-0.05, 0) is 35.4 Å². The van der Waals surface area contributed by atoms with Gasteiger partial charge >= 0.3 is 6.36 Å². The molecule has 8 heteroatoms. The topological polar surface area (TPSA) is 45.3 Å². The van der Waals surface area contributed by atoms with E-state index >= 15 is 0 Å². The Morgan fingerprint density at radius 3 is 2.42 bits per heavy atom. The zero-order chi connectivity index (χ0) is 18.6. The van der Waals surface area contributed by atoms with Gasteiger partial charge in [-0.2, -0.15) is 0 Å². The Hall–Kier alpha value is -1.80. The number of hydrazine groups is 1. The number of hydrogen-bond donors (Lipinski definition) is 3. The minimum Gasteiger partial charge on any atom is -0.406 e. The molecule has 1 aliphatic heterocycles. The molecule has 2 aromatic rings. The molecule has 0 bridgehead atoms. The molecule has 0 saturated carbocycles. The van der Waals surface area contributed by atoms with Gasteiger partial charge < -0.3 is 10.1 Å². The SMILES string of the molecule is FC(F)(F)Oc1ccc(CNCC2CNNC2c2ccc(Cl)cc2)cc1. The molecule has 0 radical (unpaired) electrons. The van der Waals surface area contributed by atoms with Crippen molar-refractivity contribution in [2.24, 2.45) is 5.92 Å². The molecular formula is C18H19ClF3N3O. The van der Waals surface area contributed by atoms with E-state index in [0.29, 0.717) is 17.5 Å². The van der Waals surface area contributed by atoms with Gasteiger partial charge in [0, 0.05) is 30.6 Å². The monoisotopic (exact) mass is 385 g/mol. The molecule has 1 fully saturated rings. The summed E-state index contributed by atoms with van der Waals surface area (Å²) in [5.74, 6) is 0.122. The fourth-order valence-corrected chi connectivity index (χ4v) is 3.09. The molecule has 4 nitrogen and oxygen atoms in total. The second kappa shape index (κ2) is 8.26. The third-order valence-corrected chi connectivity index (χ3v) is 4.47. The van der Waals surface area contributed by atoms with Crippen LogP contribution in [0.4, 0.5) is 13.2 Å². The standard InChI is InChI=1S/C18H19ClF3N3O/c19-15-5-3-13(4-6-15)17-14(11-24-25-17)10-23-9-12-1-7-16(8-2-12)26-18(20,21)22/h1-8,14,17,23-25H,9-11H2. The maximum Gasteiger partial charge on any atom is 0.573 e. The van der Waals surface area contributed by atoms with Gasteiger partial charge in [0.25, 0.3) is 0 Å². The quantitative estimate of drug-likeness (QED) is 0.708. The van der Waals surface area contributed by atoms with E-state index in [0.717, 1.165) is 24.2 Å². The lowest BCUT2D eigenvalue weighted by molar-refractivity contribution is -0.274. The van der Waals surface area contributed by atoms with Gasteiger partial charge in [0.1, 0.15) is 5.75 Å². The van der Waals surface area contributed by atoms with Gasteiger partial charge in [0.2, 0.25) is 0 Å². The van der Waals surface area contributed by atoms with Crippen LogP contribution in [0.5, 0.6) is 5.75 Å². The van der Waals surface area contributed by atoms with Gasteiger partial charge in [0.05, 0.1) is 6.04 Å². The van der Waals surface area contributed by atoms with E-state index in [2.05, 4.69) is 20.9 Å². The predicted octanol–water partition coefficient (Wildman–Crippen LogP) is 3.79. The minimum atomic E-state index is -4.67. The van der Waals surface area contributed by atoms with Crippen molar-refractivity contribution in [1.29, 1.82) is 0 Å². The molecule has 0 amide bonds. The van der Waals surface area contributed by atoms with E-state index in [1.54, 1.807) is 12.1 Å². The van der Waals surface area contributed by atoms with Crippen molar-refractivity contribution in [3.8, 4) is 5.75 Å². The third-order valence-electron chi connectivity index (χ3n) is 4.21. The summed E-state index contributed by atoms with van der Waals surface area (Å²) in [5, 5.41) is 4.05. The van der Waals surface area contributed by atoms with E-state index in [4.69, 9.17) is 11.6 Å². The van der Waals surface area contributed by atoms with Gasteiger partial charge in [-0.1, -0.05) is 35.9 Å². The fraction of sp³-hybridized carbons (Fsp3) is 0.333. The Morgan fingerprint density at radius 1 is 1.08 bits per heavy atom. The molecule has 26 heavy (non-hydrogen) atoms. The molecule has 1 heterocycles. The van der Waals surface area contributed by atoms with E-state index < -0.39 is 6.36 Å². The summed E-state index contributed by atoms with van der Waals surface area (Å²) in [6.45, 7) is 2.14. The molecule has 0 spiro atoms. The van der Waals surface area contributed by atoms with E-state index in [-0.39, 0.29) is 11.8 Å². The second-order valence-corrected chi connectivity index (χ2v) is 6.57. The number of halogens is 4. The number of nitrogens with one attached hydrogen (secondary N) is 3. The summed E-state index contributed by atoms with van der Waals surface area (Å²) in [6.07, 6.45) is -4.67. The first kappa shape index (κ1) is 19.0. The summed E-state index contributed by atoms with van der Waals surface area (Å²) >= 11 is 5.93. The van der Waals surface area contributed by atoms with Crippen LogP contribution in [0, 0.1) is 5.92 Å². The normalized spacial score (nSPS) is 20.3. The summed E-state index contributed by atoms with van der Waals surface area (Å²) < 4.78 is 40.4. The maximum atomic E-state index is 12.2. The smallest absolute Gasteiger partial charge is 0.406 e. The number of alkyl halides is 3. The number of ether oxygens (including phenoxy) is 1. The molecule has 3 rings (SSSR count). The molecule has 2 unspecified atom stereocenters. The van der Waals surface area contributed by atoms with Gasteiger partial charge in [-0.3, -0.25) is 5.43 Å². The van der Waals surface area contributed by atoms with Crippen LogP contribution in [0.25, 0.3) is 0 Å². The largest absolute Gasteiger partial charge is 0.573 e. The molecule has 1 saturated heterocycles. The lowest BCUT2D eigenvalue weighted by Gasteiger charge is -2.19. The van der Waals surface area contributed by atoms with Crippen molar-refractivity contribution >= 4 is 11.6 Å². The molecule has 140 valence electrons. The summed E-state index contributed by atoms with van der Waals surface area (Å²) in [4.78, 5) is 0. The number of benzene rings is 2.